The molecule has 1 heterocycles. The molecule has 0 atom stereocenters. The van der Waals surface area contributed by atoms with Gasteiger partial charge in [0.05, 0.1) is 11.9 Å². The van der Waals surface area contributed by atoms with E-state index >= 15 is 0 Å². The molecule has 22 heavy (non-hydrogen) atoms. The van der Waals surface area contributed by atoms with E-state index in [2.05, 4.69) is 29.5 Å². The predicted octanol–water partition coefficient (Wildman–Crippen LogP) is 3.68. The molecule has 0 aliphatic rings. The standard InChI is InChI=1S/C16H17F2N3O/c1-10(2)8-19-15-6-4-12(9-20-15)21-16(22)11-3-5-13(17)14(18)7-11/h3-7,9-10H,8H2,1-2H3,(H,19,20)(H,21,22). The first-order valence-corrected chi connectivity index (χ1v) is 6.92. The fourth-order valence-electron chi connectivity index (χ4n) is 1.72. The quantitative estimate of drug-likeness (QED) is 0.886. The molecule has 0 radical (unpaired) electrons. The third-order valence-corrected chi connectivity index (χ3v) is 2.89. The third kappa shape index (κ3) is 4.25. The van der Waals surface area contributed by atoms with Crippen LogP contribution < -0.4 is 10.6 Å². The van der Waals surface area contributed by atoms with E-state index in [1.165, 1.54) is 12.3 Å². The van der Waals surface area contributed by atoms with E-state index in [1.54, 1.807) is 12.1 Å². The molecule has 2 rings (SSSR count). The van der Waals surface area contributed by atoms with Gasteiger partial charge < -0.3 is 10.6 Å². The Hall–Kier alpha value is -2.50. The molecule has 0 bridgehead atoms. The van der Waals surface area contributed by atoms with Crippen molar-refractivity contribution in [3.8, 4) is 0 Å². The molecule has 0 saturated heterocycles. The van der Waals surface area contributed by atoms with Crippen LogP contribution in [0.5, 0.6) is 0 Å². The highest BCUT2D eigenvalue weighted by Gasteiger charge is 2.10. The van der Waals surface area contributed by atoms with Gasteiger partial charge in [0.25, 0.3) is 5.91 Å². The van der Waals surface area contributed by atoms with Gasteiger partial charge in [-0.1, -0.05) is 13.8 Å². The minimum atomic E-state index is -1.06. The fraction of sp³-hybridized carbons (Fsp3) is 0.250. The monoisotopic (exact) mass is 305 g/mol. The molecule has 1 aromatic heterocycles. The summed E-state index contributed by atoms with van der Waals surface area (Å²) in [6, 6.07) is 6.43. The molecule has 0 aliphatic carbocycles. The zero-order valence-corrected chi connectivity index (χ0v) is 12.4. The first-order valence-electron chi connectivity index (χ1n) is 6.92. The van der Waals surface area contributed by atoms with Crippen molar-refractivity contribution in [2.75, 3.05) is 17.2 Å². The number of nitrogens with zero attached hydrogens (tertiary/aromatic N) is 1. The van der Waals surface area contributed by atoms with Gasteiger partial charge in [-0.25, -0.2) is 13.8 Å². The van der Waals surface area contributed by atoms with Crippen LogP contribution in [0.4, 0.5) is 20.3 Å². The van der Waals surface area contributed by atoms with E-state index in [0.29, 0.717) is 17.4 Å². The fourth-order valence-corrected chi connectivity index (χ4v) is 1.72. The highest BCUT2D eigenvalue weighted by atomic mass is 19.2. The average molecular weight is 305 g/mol. The Morgan fingerprint density at radius 2 is 1.95 bits per heavy atom. The number of aromatic nitrogens is 1. The summed E-state index contributed by atoms with van der Waals surface area (Å²) in [6.07, 6.45) is 1.50. The van der Waals surface area contributed by atoms with Crippen LogP contribution in [-0.4, -0.2) is 17.4 Å². The van der Waals surface area contributed by atoms with Gasteiger partial charge in [0.2, 0.25) is 0 Å². The average Bonchev–Trinajstić information content (AvgIpc) is 2.49. The van der Waals surface area contributed by atoms with Crippen molar-refractivity contribution in [2.45, 2.75) is 13.8 Å². The predicted molar refractivity (Wildman–Crippen MR) is 81.9 cm³/mol. The Morgan fingerprint density at radius 1 is 1.18 bits per heavy atom. The number of hydrogen-bond acceptors (Lipinski definition) is 3. The number of carbonyl (C=O) groups is 1. The minimum absolute atomic E-state index is 0.0425. The summed E-state index contributed by atoms with van der Waals surface area (Å²) in [5, 5.41) is 5.73. The van der Waals surface area contributed by atoms with Crippen LogP contribution in [0.1, 0.15) is 24.2 Å². The van der Waals surface area contributed by atoms with Crippen molar-refractivity contribution in [3.05, 3.63) is 53.7 Å². The highest BCUT2D eigenvalue weighted by molar-refractivity contribution is 6.04. The second-order valence-corrected chi connectivity index (χ2v) is 5.29. The number of halogens is 2. The Kier molecular flexibility index (Phi) is 5.04. The molecule has 0 unspecified atom stereocenters. The SMILES string of the molecule is CC(C)CNc1ccc(NC(=O)c2ccc(F)c(F)c2)cn1. The number of hydrogen-bond donors (Lipinski definition) is 2. The molecular weight excluding hydrogens is 288 g/mol. The molecule has 2 aromatic rings. The van der Waals surface area contributed by atoms with Crippen LogP contribution >= 0.6 is 0 Å². The zero-order valence-electron chi connectivity index (χ0n) is 12.4. The van der Waals surface area contributed by atoms with Crippen molar-refractivity contribution in [3.63, 3.8) is 0 Å². The number of pyridine rings is 1. The summed E-state index contributed by atoms with van der Waals surface area (Å²) in [5.74, 6) is -1.37. The van der Waals surface area contributed by atoms with E-state index in [9.17, 15) is 13.6 Å². The number of benzene rings is 1. The van der Waals surface area contributed by atoms with Gasteiger partial charge in [-0.15, -0.1) is 0 Å². The molecule has 116 valence electrons. The number of amides is 1. The minimum Gasteiger partial charge on any atom is -0.370 e. The van der Waals surface area contributed by atoms with E-state index < -0.39 is 17.5 Å². The molecule has 0 spiro atoms. The first kappa shape index (κ1) is 15.9. The Labute approximate surface area is 127 Å². The number of carbonyl (C=O) groups excluding carboxylic acids is 1. The molecule has 6 heteroatoms. The first-order chi connectivity index (χ1) is 10.5. The number of anilines is 2. The molecule has 2 N–H and O–H groups in total. The summed E-state index contributed by atoms with van der Waals surface area (Å²) in [5.41, 5.74) is 0.519. The van der Waals surface area contributed by atoms with Gasteiger partial charge >= 0.3 is 0 Å². The van der Waals surface area contributed by atoms with Gasteiger partial charge in [-0.3, -0.25) is 4.79 Å². The Balaban J connectivity index is 2.00. The Morgan fingerprint density at radius 3 is 2.55 bits per heavy atom. The molecule has 1 aromatic carbocycles. The number of rotatable bonds is 5. The van der Waals surface area contributed by atoms with Crippen molar-refractivity contribution in [2.24, 2.45) is 5.92 Å². The van der Waals surface area contributed by atoms with Crippen LogP contribution in [0.15, 0.2) is 36.5 Å². The molecule has 1 amide bonds. The molecule has 0 aliphatic heterocycles. The van der Waals surface area contributed by atoms with Crippen LogP contribution in [0.2, 0.25) is 0 Å². The lowest BCUT2D eigenvalue weighted by atomic mass is 10.2. The van der Waals surface area contributed by atoms with E-state index in [1.807, 2.05) is 0 Å². The normalized spacial score (nSPS) is 10.6. The summed E-state index contributed by atoms with van der Waals surface area (Å²) < 4.78 is 25.9. The summed E-state index contributed by atoms with van der Waals surface area (Å²) in [7, 11) is 0. The summed E-state index contributed by atoms with van der Waals surface area (Å²) in [6.45, 7) is 4.97. The van der Waals surface area contributed by atoms with Crippen molar-refractivity contribution in [1.29, 1.82) is 0 Å². The second-order valence-electron chi connectivity index (χ2n) is 5.29. The Bertz CT molecular complexity index is 657. The lowest BCUT2D eigenvalue weighted by Crippen LogP contribution is -2.13. The smallest absolute Gasteiger partial charge is 0.255 e. The lowest BCUT2D eigenvalue weighted by molar-refractivity contribution is 0.102. The van der Waals surface area contributed by atoms with Crippen molar-refractivity contribution < 1.29 is 13.6 Å². The van der Waals surface area contributed by atoms with Gasteiger partial charge in [-0.05, 0) is 36.2 Å². The summed E-state index contributed by atoms with van der Waals surface area (Å²) >= 11 is 0. The number of nitrogens with one attached hydrogen (secondary N) is 2. The molecule has 0 saturated carbocycles. The van der Waals surface area contributed by atoms with Gasteiger partial charge in [-0.2, -0.15) is 0 Å². The van der Waals surface area contributed by atoms with Gasteiger partial charge in [0, 0.05) is 12.1 Å². The highest BCUT2D eigenvalue weighted by Crippen LogP contribution is 2.13. The second kappa shape index (κ2) is 6.98. The maximum absolute atomic E-state index is 13.1. The summed E-state index contributed by atoms with van der Waals surface area (Å²) in [4.78, 5) is 16.1. The van der Waals surface area contributed by atoms with Crippen molar-refractivity contribution >= 4 is 17.4 Å². The van der Waals surface area contributed by atoms with Crippen LogP contribution in [0.3, 0.4) is 0 Å². The molecule has 4 nitrogen and oxygen atoms in total. The van der Waals surface area contributed by atoms with Crippen LogP contribution in [0.25, 0.3) is 0 Å². The van der Waals surface area contributed by atoms with Crippen LogP contribution in [-0.2, 0) is 0 Å². The van der Waals surface area contributed by atoms with Crippen LogP contribution in [0, 0.1) is 17.6 Å². The van der Waals surface area contributed by atoms with E-state index in [0.717, 1.165) is 18.7 Å². The maximum atomic E-state index is 13.1. The van der Waals surface area contributed by atoms with Gasteiger partial charge in [0.15, 0.2) is 11.6 Å². The molecular formula is C16H17F2N3O. The van der Waals surface area contributed by atoms with E-state index in [4.69, 9.17) is 0 Å². The van der Waals surface area contributed by atoms with Crippen molar-refractivity contribution in [1.82, 2.24) is 4.98 Å². The third-order valence-electron chi connectivity index (χ3n) is 2.89. The van der Waals surface area contributed by atoms with E-state index in [-0.39, 0.29) is 5.56 Å². The zero-order chi connectivity index (χ0) is 16.1. The lowest BCUT2D eigenvalue weighted by Gasteiger charge is -2.09. The largest absolute Gasteiger partial charge is 0.370 e. The topological polar surface area (TPSA) is 54.0 Å². The molecule has 0 fully saturated rings. The maximum Gasteiger partial charge on any atom is 0.255 e. The van der Waals surface area contributed by atoms with Gasteiger partial charge in [0.1, 0.15) is 5.82 Å².